The first-order valence-corrected chi connectivity index (χ1v) is 3.61. The zero-order valence-corrected chi connectivity index (χ0v) is 7.37. The smallest absolute Gasteiger partial charge is 0.433 e. The molecule has 0 aliphatic carbocycles. The van der Waals surface area contributed by atoms with E-state index in [0.717, 1.165) is 7.05 Å². The van der Waals surface area contributed by atoms with Gasteiger partial charge in [-0.25, -0.2) is 9.78 Å². The van der Waals surface area contributed by atoms with E-state index in [2.05, 4.69) is 4.98 Å². The van der Waals surface area contributed by atoms with E-state index in [1.807, 2.05) is 0 Å². The number of halogens is 3. The number of nitrogens with zero attached hydrogens (tertiary/aromatic N) is 2. The molecular formula is C7H5F3N2O3. The molecule has 1 rings (SSSR count). The van der Waals surface area contributed by atoms with Gasteiger partial charge in [-0.2, -0.15) is 13.2 Å². The van der Waals surface area contributed by atoms with Gasteiger partial charge in [0, 0.05) is 7.05 Å². The normalized spacial score (nSPS) is 11.5. The average Bonchev–Trinajstić information content (AvgIpc) is 2.41. The maximum atomic E-state index is 12.4. The Bertz CT molecular complexity index is 422. The molecule has 0 bridgehead atoms. The fourth-order valence-electron chi connectivity index (χ4n) is 1.09. The number of hydrogen-bond donors (Lipinski definition) is 1. The summed E-state index contributed by atoms with van der Waals surface area (Å²) in [5.41, 5.74) is -2.62. The van der Waals surface area contributed by atoms with Crippen molar-refractivity contribution in [2.24, 2.45) is 7.05 Å². The maximum absolute atomic E-state index is 12.4. The summed E-state index contributed by atoms with van der Waals surface area (Å²) in [5, 5.41) is 8.47. The second-order valence-corrected chi connectivity index (χ2v) is 2.65. The predicted octanol–water partition coefficient (Wildman–Crippen LogP) is 0.950. The third-order valence-electron chi connectivity index (χ3n) is 1.71. The van der Waals surface area contributed by atoms with Crippen LogP contribution in [-0.4, -0.2) is 26.9 Å². The predicted molar refractivity (Wildman–Crippen MR) is 40.6 cm³/mol. The molecule has 82 valence electrons. The third-order valence-corrected chi connectivity index (χ3v) is 1.71. The summed E-state index contributed by atoms with van der Waals surface area (Å²) in [4.78, 5) is 23.8. The molecule has 1 N–H and O–H groups in total. The van der Waals surface area contributed by atoms with E-state index in [1.54, 1.807) is 0 Å². The standard InChI is InChI=1S/C7H5F3N2O3/c1-12-3(2-13)11-4(6(14)15)5(12)7(8,9)10/h2H,1H3,(H,14,15). The Hall–Kier alpha value is -1.86. The quantitative estimate of drug-likeness (QED) is 0.756. The number of alkyl halides is 3. The van der Waals surface area contributed by atoms with Crippen LogP contribution in [0.2, 0.25) is 0 Å². The van der Waals surface area contributed by atoms with Crippen molar-refractivity contribution in [2.45, 2.75) is 6.18 Å². The highest BCUT2D eigenvalue weighted by Crippen LogP contribution is 2.31. The Kier molecular flexibility index (Phi) is 2.52. The summed E-state index contributed by atoms with van der Waals surface area (Å²) in [6.45, 7) is 0. The van der Waals surface area contributed by atoms with Gasteiger partial charge >= 0.3 is 12.1 Å². The van der Waals surface area contributed by atoms with Crippen molar-refractivity contribution >= 4 is 12.3 Å². The van der Waals surface area contributed by atoms with Crippen molar-refractivity contribution < 1.29 is 27.9 Å². The van der Waals surface area contributed by atoms with Crippen molar-refractivity contribution in [3.05, 3.63) is 17.2 Å². The van der Waals surface area contributed by atoms with Crippen LogP contribution in [0.4, 0.5) is 13.2 Å². The van der Waals surface area contributed by atoms with E-state index in [-0.39, 0.29) is 6.29 Å². The number of carbonyl (C=O) groups is 2. The van der Waals surface area contributed by atoms with Gasteiger partial charge in [0.2, 0.25) is 0 Å². The van der Waals surface area contributed by atoms with E-state index in [0.29, 0.717) is 4.57 Å². The Morgan fingerprint density at radius 3 is 2.33 bits per heavy atom. The number of aromatic carboxylic acids is 1. The highest BCUT2D eigenvalue weighted by Gasteiger charge is 2.40. The molecular weight excluding hydrogens is 217 g/mol. The van der Waals surface area contributed by atoms with Gasteiger partial charge in [0.25, 0.3) is 0 Å². The van der Waals surface area contributed by atoms with Crippen LogP contribution >= 0.6 is 0 Å². The fraction of sp³-hybridized carbons (Fsp3) is 0.286. The topological polar surface area (TPSA) is 72.2 Å². The Labute approximate surface area is 81.1 Å². The summed E-state index contributed by atoms with van der Waals surface area (Å²) < 4.78 is 37.5. The van der Waals surface area contributed by atoms with E-state index in [4.69, 9.17) is 5.11 Å². The molecule has 0 unspecified atom stereocenters. The number of hydrogen-bond acceptors (Lipinski definition) is 3. The van der Waals surface area contributed by atoms with Crippen molar-refractivity contribution in [3.8, 4) is 0 Å². The average molecular weight is 222 g/mol. The first kappa shape index (κ1) is 11.2. The van der Waals surface area contributed by atoms with E-state index >= 15 is 0 Å². The highest BCUT2D eigenvalue weighted by molar-refractivity contribution is 5.88. The molecule has 0 saturated heterocycles. The van der Waals surface area contributed by atoms with Gasteiger partial charge in [-0.15, -0.1) is 0 Å². The SMILES string of the molecule is Cn1c(C=O)nc(C(=O)O)c1C(F)(F)F. The molecule has 0 radical (unpaired) electrons. The van der Waals surface area contributed by atoms with Gasteiger partial charge in [0.1, 0.15) is 0 Å². The lowest BCUT2D eigenvalue weighted by molar-refractivity contribution is -0.143. The number of aromatic nitrogens is 2. The van der Waals surface area contributed by atoms with Crippen LogP contribution < -0.4 is 0 Å². The number of carboxylic acid groups (broad SMARTS) is 1. The number of rotatable bonds is 2. The number of carbonyl (C=O) groups excluding carboxylic acids is 1. The summed E-state index contributed by atoms with van der Waals surface area (Å²) in [5.74, 6) is -2.41. The monoisotopic (exact) mass is 222 g/mol. The van der Waals surface area contributed by atoms with E-state index < -0.39 is 29.4 Å². The first-order chi connectivity index (χ1) is 6.79. The Balaban J connectivity index is 3.53. The molecule has 15 heavy (non-hydrogen) atoms. The van der Waals surface area contributed by atoms with Gasteiger partial charge < -0.3 is 9.67 Å². The molecule has 0 saturated carbocycles. The molecule has 8 heteroatoms. The zero-order chi connectivity index (χ0) is 11.8. The van der Waals surface area contributed by atoms with E-state index in [9.17, 15) is 22.8 Å². The number of aldehydes is 1. The summed E-state index contributed by atoms with van der Waals surface area (Å²) in [6.07, 6.45) is -4.81. The molecule has 0 spiro atoms. The molecule has 0 aromatic carbocycles. The Morgan fingerprint density at radius 1 is 1.53 bits per heavy atom. The minimum atomic E-state index is -4.86. The molecule has 5 nitrogen and oxygen atoms in total. The van der Waals surface area contributed by atoms with Crippen molar-refractivity contribution in [2.75, 3.05) is 0 Å². The molecule has 0 amide bonds. The van der Waals surface area contributed by atoms with Gasteiger partial charge in [-0.05, 0) is 0 Å². The lowest BCUT2D eigenvalue weighted by atomic mass is 10.3. The van der Waals surface area contributed by atoms with Gasteiger partial charge in [0.05, 0.1) is 0 Å². The van der Waals surface area contributed by atoms with Gasteiger partial charge in [0.15, 0.2) is 23.5 Å². The van der Waals surface area contributed by atoms with Crippen LogP contribution in [0.3, 0.4) is 0 Å². The van der Waals surface area contributed by atoms with Crippen molar-refractivity contribution in [1.82, 2.24) is 9.55 Å². The minimum absolute atomic E-state index is 0.0572. The van der Waals surface area contributed by atoms with Crippen LogP contribution in [-0.2, 0) is 13.2 Å². The van der Waals surface area contributed by atoms with Gasteiger partial charge in [-0.1, -0.05) is 0 Å². The number of imidazole rings is 1. The summed E-state index contributed by atoms with van der Waals surface area (Å²) in [6, 6.07) is 0. The lowest BCUT2D eigenvalue weighted by Crippen LogP contribution is -2.16. The van der Waals surface area contributed by atoms with Crippen LogP contribution in [0.5, 0.6) is 0 Å². The van der Waals surface area contributed by atoms with Crippen LogP contribution in [0.25, 0.3) is 0 Å². The number of carboxylic acids is 1. The molecule has 0 fully saturated rings. The molecule has 0 aliphatic rings. The summed E-state index contributed by atoms with van der Waals surface area (Å²) in [7, 11) is 0.923. The second kappa shape index (κ2) is 3.37. The minimum Gasteiger partial charge on any atom is -0.476 e. The van der Waals surface area contributed by atoms with Crippen LogP contribution in [0.15, 0.2) is 0 Å². The zero-order valence-electron chi connectivity index (χ0n) is 7.37. The maximum Gasteiger partial charge on any atom is 0.433 e. The van der Waals surface area contributed by atoms with Crippen LogP contribution in [0.1, 0.15) is 26.8 Å². The molecule has 1 aromatic rings. The van der Waals surface area contributed by atoms with Crippen molar-refractivity contribution in [3.63, 3.8) is 0 Å². The van der Waals surface area contributed by atoms with Gasteiger partial charge in [-0.3, -0.25) is 4.79 Å². The van der Waals surface area contributed by atoms with E-state index in [1.165, 1.54) is 0 Å². The second-order valence-electron chi connectivity index (χ2n) is 2.65. The first-order valence-electron chi connectivity index (χ1n) is 3.61. The van der Waals surface area contributed by atoms with Crippen molar-refractivity contribution in [1.29, 1.82) is 0 Å². The lowest BCUT2D eigenvalue weighted by Gasteiger charge is -2.07. The molecule has 0 aliphatic heterocycles. The van der Waals surface area contributed by atoms with Crippen LogP contribution in [0, 0.1) is 0 Å². The largest absolute Gasteiger partial charge is 0.476 e. The fourth-order valence-corrected chi connectivity index (χ4v) is 1.09. The highest BCUT2D eigenvalue weighted by atomic mass is 19.4. The molecule has 1 aromatic heterocycles. The summed E-state index contributed by atoms with van der Waals surface area (Å²) >= 11 is 0. The molecule has 1 heterocycles. The Morgan fingerprint density at radius 2 is 2.07 bits per heavy atom. The molecule has 0 atom stereocenters. The third kappa shape index (κ3) is 1.83.